The van der Waals surface area contributed by atoms with Crippen LogP contribution < -0.4 is 20.9 Å². The molecule has 1 heterocycles. The van der Waals surface area contributed by atoms with Crippen molar-refractivity contribution in [3.8, 4) is 0 Å². The second-order valence-electron chi connectivity index (χ2n) is 7.76. The number of para-hydroxylation sites is 1. The van der Waals surface area contributed by atoms with Gasteiger partial charge in [-0.25, -0.2) is 4.79 Å². The number of rotatable bonds is 9. The van der Waals surface area contributed by atoms with Gasteiger partial charge in [0.25, 0.3) is 5.91 Å². The van der Waals surface area contributed by atoms with Gasteiger partial charge < -0.3 is 25.6 Å². The predicted octanol–water partition coefficient (Wildman–Crippen LogP) is 5.78. The Kier molecular flexibility index (Phi) is 9.66. The van der Waals surface area contributed by atoms with Crippen molar-refractivity contribution in [3.05, 3.63) is 52.0 Å². The van der Waals surface area contributed by atoms with E-state index in [9.17, 15) is 9.59 Å². The van der Waals surface area contributed by atoms with E-state index >= 15 is 0 Å². The summed E-state index contributed by atoms with van der Waals surface area (Å²) >= 11 is 12.3. The highest BCUT2D eigenvalue weighted by molar-refractivity contribution is 6.39. The zero-order chi connectivity index (χ0) is 23.6. The van der Waals surface area contributed by atoms with E-state index < -0.39 is 6.03 Å². The first-order valence-corrected chi connectivity index (χ1v) is 12.0. The van der Waals surface area contributed by atoms with E-state index in [1.165, 1.54) is 6.42 Å². The lowest BCUT2D eigenvalue weighted by Crippen LogP contribution is -2.33. The van der Waals surface area contributed by atoms with Crippen molar-refractivity contribution >= 4 is 52.2 Å². The highest BCUT2D eigenvalue weighted by Crippen LogP contribution is 2.31. The number of amides is 3. The number of nitrogens with one attached hydrogen (secondary N) is 3. The van der Waals surface area contributed by atoms with Crippen LogP contribution in [0.15, 0.2) is 36.4 Å². The van der Waals surface area contributed by atoms with Crippen molar-refractivity contribution in [1.82, 2.24) is 5.32 Å². The molecule has 178 valence electrons. The molecule has 0 unspecified atom stereocenters. The third-order valence-electron chi connectivity index (χ3n) is 5.35. The molecule has 2 aromatic rings. The van der Waals surface area contributed by atoms with E-state index in [0.29, 0.717) is 46.7 Å². The second kappa shape index (κ2) is 12.7. The largest absolute Gasteiger partial charge is 0.382 e. The van der Waals surface area contributed by atoms with Crippen molar-refractivity contribution < 1.29 is 14.3 Å². The Morgan fingerprint density at radius 1 is 1.03 bits per heavy atom. The number of piperidine rings is 1. The summed E-state index contributed by atoms with van der Waals surface area (Å²) in [4.78, 5) is 27.8. The highest BCUT2D eigenvalue weighted by Gasteiger charge is 2.20. The average Bonchev–Trinajstić information content (AvgIpc) is 2.82. The molecule has 9 heteroatoms. The predicted molar refractivity (Wildman–Crippen MR) is 135 cm³/mol. The molecular weight excluding hydrogens is 463 g/mol. The zero-order valence-corrected chi connectivity index (χ0v) is 20.3. The third-order valence-corrected chi connectivity index (χ3v) is 5.98. The van der Waals surface area contributed by atoms with Crippen molar-refractivity contribution in [1.29, 1.82) is 0 Å². The topological polar surface area (TPSA) is 82.7 Å². The molecule has 0 aromatic heterocycles. The first-order valence-electron chi connectivity index (χ1n) is 11.3. The fourth-order valence-electron chi connectivity index (χ4n) is 3.72. The van der Waals surface area contributed by atoms with Gasteiger partial charge in [-0.1, -0.05) is 29.3 Å². The molecule has 1 aliphatic rings. The number of carbonyl (C=O) groups excluding carboxylic acids is 2. The van der Waals surface area contributed by atoms with Gasteiger partial charge in [0.2, 0.25) is 0 Å². The van der Waals surface area contributed by atoms with Crippen molar-refractivity contribution in [2.75, 3.05) is 48.4 Å². The van der Waals surface area contributed by atoms with Crippen LogP contribution in [-0.4, -0.2) is 44.8 Å². The van der Waals surface area contributed by atoms with Gasteiger partial charge in [-0.05, 0) is 62.9 Å². The van der Waals surface area contributed by atoms with Crippen LogP contribution in [0.3, 0.4) is 0 Å². The molecule has 0 saturated carbocycles. The first kappa shape index (κ1) is 25.1. The molecule has 2 aromatic carbocycles. The van der Waals surface area contributed by atoms with Crippen LogP contribution in [0.1, 0.15) is 43.0 Å². The summed E-state index contributed by atoms with van der Waals surface area (Å²) in [7, 11) is 0. The maximum absolute atomic E-state index is 13.0. The summed E-state index contributed by atoms with van der Waals surface area (Å²) in [5.74, 6) is -0.176. The molecule has 3 rings (SSSR count). The average molecular weight is 493 g/mol. The van der Waals surface area contributed by atoms with Crippen LogP contribution in [0.4, 0.5) is 21.9 Å². The lowest BCUT2D eigenvalue weighted by Gasteiger charge is -2.30. The number of halogens is 2. The van der Waals surface area contributed by atoms with E-state index in [4.69, 9.17) is 27.9 Å². The van der Waals surface area contributed by atoms with Crippen LogP contribution in [-0.2, 0) is 4.74 Å². The monoisotopic (exact) mass is 492 g/mol. The fraction of sp³-hybridized carbons (Fsp3) is 0.417. The first-order chi connectivity index (χ1) is 16.0. The van der Waals surface area contributed by atoms with Crippen molar-refractivity contribution in [2.45, 2.75) is 32.6 Å². The van der Waals surface area contributed by atoms with Gasteiger partial charge in [0.05, 0.1) is 21.3 Å². The van der Waals surface area contributed by atoms with Crippen molar-refractivity contribution in [2.24, 2.45) is 0 Å². The molecule has 1 fully saturated rings. The Morgan fingerprint density at radius 2 is 1.76 bits per heavy atom. The molecular formula is C24H30Cl2N4O3. The number of carbonyl (C=O) groups is 2. The number of hydrogen-bond donors (Lipinski definition) is 3. The summed E-state index contributed by atoms with van der Waals surface area (Å²) in [5.41, 5.74) is 2.23. The number of hydrogen-bond acceptors (Lipinski definition) is 4. The van der Waals surface area contributed by atoms with Gasteiger partial charge in [0.15, 0.2) is 0 Å². The van der Waals surface area contributed by atoms with Crippen LogP contribution in [0.5, 0.6) is 0 Å². The maximum Gasteiger partial charge on any atom is 0.323 e. The quantitative estimate of drug-likeness (QED) is 0.387. The van der Waals surface area contributed by atoms with E-state index in [0.717, 1.165) is 38.0 Å². The SMILES string of the molecule is CCOCCCNC(=O)c1cc(NC(=O)Nc2c(Cl)cccc2Cl)ccc1N1CCCCC1. The molecule has 1 aliphatic heterocycles. The number of anilines is 3. The van der Waals surface area contributed by atoms with Crippen LogP contribution in [0.2, 0.25) is 10.0 Å². The van der Waals surface area contributed by atoms with Crippen LogP contribution in [0.25, 0.3) is 0 Å². The van der Waals surface area contributed by atoms with Crippen molar-refractivity contribution in [3.63, 3.8) is 0 Å². The summed E-state index contributed by atoms with van der Waals surface area (Å²) < 4.78 is 5.34. The summed E-state index contributed by atoms with van der Waals surface area (Å²) in [6.07, 6.45) is 4.12. The Labute approximate surface area is 204 Å². The normalized spacial score (nSPS) is 13.5. The summed E-state index contributed by atoms with van der Waals surface area (Å²) in [6, 6.07) is 9.87. The van der Waals surface area contributed by atoms with E-state index in [1.54, 1.807) is 30.3 Å². The van der Waals surface area contributed by atoms with Gasteiger partial charge >= 0.3 is 6.03 Å². The van der Waals surface area contributed by atoms with Crippen LogP contribution in [0, 0.1) is 0 Å². The highest BCUT2D eigenvalue weighted by atomic mass is 35.5. The van der Waals surface area contributed by atoms with E-state index in [-0.39, 0.29) is 5.91 Å². The minimum absolute atomic E-state index is 0.176. The van der Waals surface area contributed by atoms with Gasteiger partial charge in [0.1, 0.15) is 0 Å². The maximum atomic E-state index is 13.0. The molecule has 33 heavy (non-hydrogen) atoms. The number of urea groups is 1. The molecule has 1 saturated heterocycles. The minimum Gasteiger partial charge on any atom is -0.382 e. The van der Waals surface area contributed by atoms with Crippen LogP contribution >= 0.6 is 23.2 Å². The van der Waals surface area contributed by atoms with Gasteiger partial charge in [-0.2, -0.15) is 0 Å². The molecule has 3 N–H and O–H groups in total. The molecule has 0 atom stereocenters. The molecule has 0 spiro atoms. The standard InChI is InChI=1S/C24H30Cl2N4O3/c1-2-33-15-7-12-27-23(31)18-16-17(10-11-21(18)30-13-4-3-5-14-30)28-24(32)29-22-19(25)8-6-9-20(22)26/h6,8-11,16H,2-5,7,12-15H2,1H3,(H,27,31)(H2,28,29,32). The van der Waals surface area contributed by atoms with Gasteiger partial charge in [0, 0.05) is 44.2 Å². The number of ether oxygens (including phenoxy) is 1. The lowest BCUT2D eigenvalue weighted by atomic mass is 10.1. The molecule has 3 amide bonds. The smallest absolute Gasteiger partial charge is 0.323 e. The van der Waals surface area contributed by atoms with E-state index in [1.807, 2.05) is 13.0 Å². The molecule has 0 radical (unpaired) electrons. The molecule has 7 nitrogen and oxygen atoms in total. The molecule has 0 aliphatic carbocycles. The summed E-state index contributed by atoms with van der Waals surface area (Å²) in [6.45, 7) is 5.52. The van der Waals surface area contributed by atoms with Gasteiger partial charge in [-0.3, -0.25) is 4.79 Å². The Morgan fingerprint density at radius 3 is 2.45 bits per heavy atom. The zero-order valence-electron chi connectivity index (χ0n) is 18.8. The third kappa shape index (κ3) is 7.25. The van der Waals surface area contributed by atoms with Gasteiger partial charge in [-0.15, -0.1) is 0 Å². The Bertz CT molecular complexity index is 944. The van der Waals surface area contributed by atoms with E-state index in [2.05, 4.69) is 20.9 Å². The number of nitrogens with zero attached hydrogens (tertiary/aromatic N) is 1. The minimum atomic E-state index is -0.501. The lowest BCUT2D eigenvalue weighted by molar-refractivity contribution is 0.0944. The molecule has 0 bridgehead atoms. The Hall–Kier alpha value is -2.48. The fourth-order valence-corrected chi connectivity index (χ4v) is 4.21. The number of benzene rings is 2. The second-order valence-corrected chi connectivity index (χ2v) is 8.58. The Balaban J connectivity index is 1.74. The summed E-state index contributed by atoms with van der Waals surface area (Å²) in [5, 5.41) is 9.08.